The first-order chi connectivity index (χ1) is 7.08. The lowest BCUT2D eigenvalue weighted by Crippen LogP contribution is -2.45. The first kappa shape index (κ1) is 12.4. The highest BCUT2D eigenvalue weighted by atomic mass is 16.3. The molecule has 1 rings (SSSR count). The summed E-state index contributed by atoms with van der Waals surface area (Å²) in [5.41, 5.74) is -0.534. The van der Waals surface area contributed by atoms with E-state index in [1.807, 2.05) is 6.08 Å². The van der Waals surface area contributed by atoms with Crippen LogP contribution in [0.4, 0.5) is 0 Å². The molecule has 0 bridgehead atoms. The van der Waals surface area contributed by atoms with Crippen molar-refractivity contribution in [3.8, 4) is 0 Å². The zero-order valence-electron chi connectivity index (χ0n) is 9.83. The summed E-state index contributed by atoms with van der Waals surface area (Å²) in [6.45, 7) is 7.97. The molecule has 0 amide bonds. The van der Waals surface area contributed by atoms with Crippen molar-refractivity contribution in [1.29, 1.82) is 0 Å². The van der Waals surface area contributed by atoms with Gasteiger partial charge in [0.25, 0.3) is 0 Å². The molecular formula is C13H22O2. The third kappa shape index (κ3) is 2.15. The molecule has 86 valence electrons. The van der Waals surface area contributed by atoms with E-state index < -0.39 is 5.41 Å². The number of allylic oxidation sites excluding steroid dienone is 1. The van der Waals surface area contributed by atoms with Crippen molar-refractivity contribution in [1.82, 2.24) is 0 Å². The van der Waals surface area contributed by atoms with Crippen LogP contribution in [-0.4, -0.2) is 17.5 Å². The molecule has 0 saturated heterocycles. The molecule has 1 N–H and O–H groups in total. The van der Waals surface area contributed by atoms with Crippen LogP contribution in [-0.2, 0) is 4.79 Å². The van der Waals surface area contributed by atoms with Gasteiger partial charge in [-0.05, 0) is 24.7 Å². The number of Topliss-reactive ketones (excluding diaryl/α,β-unsaturated/α-hetero) is 1. The minimum atomic E-state index is -0.534. The number of ketones is 1. The minimum Gasteiger partial charge on any atom is -0.395 e. The maximum absolute atomic E-state index is 12.0. The summed E-state index contributed by atoms with van der Waals surface area (Å²) in [5, 5.41) is 9.59. The third-order valence-corrected chi connectivity index (χ3v) is 3.72. The molecule has 0 heterocycles. The lowest BCUT2D eigenvalue weighted by molar-refractivity contribution is -0.138. The normalized spacial score (nSPS) is 29.2. The molecule has 0 radical (unpaired) electrons. The van der Waals surface area contributed by atoms with Crippen LogP contribution in [0, 0.1) is 17.3 Å². The Bertz CT molecular complexity index is 245. The fourth-order valence-electron chi connectivity index (χ4n) is 2.88. The maximum atomic E-state index is 12.0. The average Bonchev–Trinajstić information content (AvgIpc) is 2.21. The topological polar surface area (TPSA) is 37.3 Å². The molecule has 1 saturated carbocycles. The number of aliphatic hydroxyl groups is 1. The molecule has 2 heteroatoms. The van der Waals surface area contributed by atoms with Crippen LogP contribution in [0.1, 0.15) is 39.5 Å². The Kier molecular flexibility index (Phi) is 4.09. The summed E-state index contributed by atoms with van der Waals surface area (Å²) in [7, 11) is 0. The van der Waals surface area contributed by atoms with Crippen molar-refractivity contribution in [2.24, 2.45) is 17.3 Å². The summed E-state index contributed by atoms with van der Waals surface area (Å²) in [4.78, 5) is 12.0. The van der Waals surface area contributed by atoms with E-state index in [1.54, 1.807) is 0 Å². The molecule has 0 aliphatic heterocycles. The first-order valence-electron chi connectivity index (χ1n) is 5.85. The van der Waals surface area contributed by atoms with Crippen molar-refractivity contribution in [2.45, 2.75) is 39.5 Å². The molecule has 1 fully saturated rings. The lowest BCUT2D eigenvalue weighted by atomic mass is 9.62. The number of aliphatic hydroxyl groups excluding tert-OH is 1. The summed E-state index contributed by atoms with van der Waals surface area (Å²) in [6.07, 6.45) is 5.31. The standard InChI is InChI=1S/C13H22O2/c1-4-11(10(2)3)13(9-14)8-6-5-7-12(13)15/h4,10-11,14H,1,5-9H2,2-3H3/t11-,13+/m0/s1. The van der Waals surface area contributed by atoms with Crippen molar-refractivity contribution in [2.75, 3.05) is 6.61 Å². The molecular weight excluding hydrogens is 188 g/mol. The molecule has 0 aromatic heterocycles. The Hall–Kier alpha value is -0.630. The van der Waals surface area contributed by atoms with E-state index >= 15 is 0 Å². The van der Waals surface area contributed by atoms with Crippen LogP contribution in [0.25, 0.3) is 0 Å². The Balaban J connectivity index is 2.99. The monoisotopic (exact) mass is 210 g/mol. The highest BCUT2D eigenvalue weighted by molar-refractivity contribution is 5.86. The molecule has 2 nitrogen and oxygen atoms in total. The Morgan fingerprint density at radius 1 is 1.53 bits per heavy atom. The van der Waals surface area contributed by atoms with Gasteiger partial charge in [0.1, 0.15) is 5.78 Å². The Morgan fingerprint density at radius 2 is 2.20 bits per heavy atom. The van der Waals surface area contributed by atoms with E-state index in [1.165, 1.54) is 0 Å². The van der Waals surface area contributed by atoms with Crippen molar-refractivity contribution >= 4 is 5.78 Å². The molecule has 1 aliphatic carbocycles. The second kappa shape index (κ2) is 4.93. The summed E-state index contributed by atoms with van der Waals surface area (Å²) in [5.74, 6) is 0.696. The van der Waals surface area contributed by atoms with Gasteiger partial charge in [-0.25, -0.2) is 0 Å². The number of carbonyl (C=O) groups is 1. The average molecular weight is 210 g/mol. The number of carbonyl (C=O) groups excluding carboxylic acids is 1. The Morgan fingerprint density at radius 3 is 2.60 bits per heavy atom. The molecule has 15 heavy (non-hydrogen) atoms. The van der Waals surface area contributed by atoms with E-state index in [2.05, 4.69) is 20.4 Å². The molecule has 1 aliphatic rings. The first-order valence-corrected chi connectivity index (χ1v) is 5.85. The largest absolute Gasteiger partial charge is 0.395 e. The minimum absolute atomic E-state index is 0.0271. The van der Waals surface area contributed by atoms with Gasteiger partial charge in [0.2, 0.25) is 0 Å². The van der Waals surface area contributed by atoms with Gasteiger partial charge in [0.15, 0.2) is 0 Å². The van der Waals surface area contributed by atoms with Gasteiger partial charge >= 0.3 is 0 Å². The molecule has 0 aromatic rings. The SMILES string of the molecule is C=C[C@@H](C(C)C)[C@]1(CO)CCCCC1=O. The molecule has 2 atom stereocenters. The molecule has 0 aromatic carbocycles. The van der Waals surface area contributed by atoms with E-state index in [0.29, 0.717) is 12.3 Å². The fraction of sp³-hybridized carbons (Fsp3) is 0.769. The van der Waals surface area contributed by atoms with Crippen LogP contribution < -0.4 is 0 Å². The summed E-state index contributed by atoms with van der Waals surface area (Å²) in [6, 6.07) is 0. The third-order valence-electron chi connectivity index (χ3n) is 3.72. The van der Waals surface area contributed by atoms with Crippen molar-refractivity contribution in [3.63, 3.8) is 0 Å². The van der Waals surface area contributed by atoms with E-state index in [4.69, 9.17) is 0 Å². The number of rotatable bonds is 4. The van der Waals surface area contributed by atoms with Gasteiger partial charge in [0, 0.05) is 6.42 Å². The zero-order chi connectivity index (χ0) is 11.5. The predicted molar refractivity (Wildman–Crippen MR) is 61.5 cm³/mol. The second-order valence-corrected chi connectivity index (χ2v) is 4.95. The van der Waals surface area contributed by atoms with Crippen LogP contribution in [0.2, 0.25) is 0 Å². The predicted octanol–water partition coefficient (Wildman–Crippen LogP) is 2.57. The van der Waals surface area contributed by atoms with Crippen LogP contribution >= 0.6 is 0 Å². The van der Waals surface area contributed by atoms with Crippen molar-refractivity contribution in [3.05, 3.63) is 12.7 Å². The second-order valence-electron chi connectivity index (χ2n) is 4.95. The van der Waals surface area contributed by atoms with Crippen molar-refractivity contribution < 1.29 is 9.90 Å². The highest BCUT2D eigenvalue weighted by Crippen LogP contribution is 2.43. The smallest absolute Gasteiger partial charge is 0.141 e. The lowest BCUT2D eigenvalue weighted by Gasteiger charge is -2.41. The van der Waals surface area contributed by atoms with Gasteiger partial charge in [0.05, 0.1) is 12.0 Å². The quantitative estimate of drug-likeness (QED) is 0.724. The highest BCUT2D eigenvalue weighted by Gasteiger charge is 2.45. The van der Waals surface area contributed by atoms with Gasteiger partial charge in [-0.3, -0.25) is 4.79 Å². The van der Waals surface area contributed by atoms with Gasteiger partial charge in [-0.1, -0.05) is 26.3 Å². The zero-order valence-corrected chi connectivity index (χ0v) is 9.83. The summed E-state index contributed by atoms with van der Waals surface area (Å²) >= 11 is 0. The number of hydrogen-bond acceptors (Lipinski definition) is 2. The van der Waals surface area contributed by atoms with E-state index in [-0.39, 0.29) is 18.3 Å². The molecule has 0 spiro atoms. The van der Waals surface area contributed by atoms with E-state index in [0.717, 1.165) is 19.3 Å². The van der Waals surface area contributed by atoms with Gasteiger partial charge in [-0.15, -0.1) is 6.58 Å². The fourth-order valence-corrected chi connectivity index (χ4v) is 2.88. The van der Waals surface area contributed by atoms with Crippen LogP contribution in [0.3, 0.4) is 0 Å². The van der Waals surface area contributed by atoms with Crippen LogP contribution in [0.5, 0.6) is 0 Å². The summed E-state index contributed by atoms with van der Waals surface area (Å²) < 4.78 is 0. The van der Waals surface area contributed by atoms with Crippen LogP contribution in [0.15, 0.2) is 12.7 Å². The van der Waals surface area contributed by atoms with E-state index in [9.17, 15) is 9.90 Å². The number of hydrogen-bond donors (Lipinski definition) is 1. The Labute approximate surface area is 92.4 Å². The maximum Gasteiger partial charge on any atom is 0.141 e. The van der Waals surface area contributed by atoms with Gasteiger partial charge in [-0.2, -0.15) is 0 Å². The van der Waals surface area contributed by atoms with Gasteiger partial charge < -0.3 is 5.11 Å². The molecule has 0 unspecified atom stereocenters.